The van der Waals surface area contributed by atoms with Crippen LogP contribution >= 0.6 is 45.8 Å². The van der Waals surface area contributed by atoms with E-state index < -0.39 is 0 Å². The van der Waals surface area contributed by atoms with Gasteiger partial charge in [0, 0.05) is 15.6 Å². The van der Waals surface area contributed by atoms with Crippen molar-refractivity contribution in [2.24, 2.45) is 0 Å². The van der Waals surface area contributed by atoms with Crippen LogP contribution in [0, 0.1) is 14.9 Å². The van der Waals surface area contributed by atoms with Crippen molar-refractivity contribution in [3.63, 3.8) is 0 Å². The molecule has 3 aromatic carbocycles. The Balaban J connectivity index is 1.61. The van der Waals surface area contributed by atoms with Crippen LogP contribution in [0.2, 0.25) is 10.0 Å². The van der Waals surface area contributed by atoms with Crippen LogP contribution in [0.4, 0.5) is 0 Å². The molecule has 8 heteroatoms. The highest BCUT2D eigenvalue weighted by Crippen LogP contribution is 2.38. The third kappa shape index (κ3) is 4.90. The van der Waals surface area contributed by atoms with E-state index in [-0.39, 0.29) is 13.4 Å². The average molecular weight is 580 g/mol. The van der Waals surface area contributed by atoms with Gasteiger partial charge in [-0.2, -0.15) is 5.26 Å². The van der Waals surface area contributed by atoms with Gasteiger partial charge >= 0.3 is 0 Å². The van der Waals surface area contributed by atoms with E-state index in [1.807, 2.05) is 24.3 Å². The van der Waals surface area contributed by atoms with Gasteiger partial charge in [0.05, 0.1) is 22.3 Å². The van der Waals surface area contributed by atoms with Crippen molar-refractivity contribution in [1.29, 1.82) is 5.26 Å². The molecule has 4 rings (SSSR count). The van der Waals surface area contributed by atoms with Crippen LogP contribution in [0.15, 0.2) is 48.5 Å². The molecule has 0 amide bonds. The number of ether oxygens (including phenoxy) is 4. The molecule has 0 spiro atoms. The minimum atomic E-state index is 0.183. The van der Waals surface area contributed by atoms with Crippen LogP contribution in [-0.4, -0.2) is 13.9 Å². The average Bonchev–Trinajstić information content (AvgIpc) is 3.25. The largest absolute Gasteiger partial charge is 0.493 e. The molecule has 162 valence electrons. The van der Waals surface area contributed by atoms with Crippen LogP contribution in [0.25, 0.3) is 11.6 Å². The van der Waals surface area contributed by atoms with Gasteiger partial charge in [-0.05, 0) is 82.3 Å². The highest BCUT2D eigenvalue weighted by molar-refractivity contribution is 14.1. The molecule has 1 aliphatic heterocycles. The SMILES string of the molecule is COc1cc(/C=C(/C#N)c2ccc3c(c2)OCO3)cc(I)c1OCc1ccc(Cl)cc1Cl. The third-order valence-electron chi connectivity index (χ3n) is 4.75. The smallest absolute Gasteiger partial charge is 0.231 e. The molecular weight excluding hydrogens is 564 g/mol. The second-order valence-corrected chi connectivity index (χ2v) is 8.80. The summed E-state index contributed by atoms with van der Waals surface area (Å²) in [6.07, 6.45) is 1.79. The minimum Gasteiger partial charge on any atom is -0.493 e. The molecule has 32 heavy (non-hydrogen) atoms. The molecule has 0 atom stereocenters. The summed E-state index contributed by atoms with van der Waals surface area (Å²) in [5, 5.41) is 10.8. The summed E-state index contributed by atoms with van der Waals surface area (Å²) >= 11 is 14.4. The lowest BCUT2D eigenvalue weighted by Crippen LogP contribution is -2.01. The monoisotopic (exact) mass is 579 g/mol. The maximum Gasteiger partial charge on any atom is 0.231 e. The van der Waals surface area contributed by atoms with Gasteiger partial charge in [-0.25, -0.2) is 0 Å². The number of methoxy groups -OCH3 is 1. The van der Waals surface area contributed by atoms with E-state index in [0.29, 0.717) is 38.6 Å². The summed E-state index contributed by atoms with van der Waals surface area (Å²) in [5.74, 6) is 2.44. The summed E-state index contributed by atoms with van der Waals surface area (Å²) in [6.45, 7) is 0.445. The molecule has 0 aromatic heterocycles. The van der Waals surface area contributed by atoms with Gasteiger partial charge < -0.3 is 18.9 Å². The van der Waals surface area contributed by atoms with Crippen molar-refractivity contribution in [3.8, 4) is 29.1 Å². The van der Waals surface area contributed by atoms with E-state index in [0.717, 1.165) is 20.3 Å². The van der Waals surface area contributed by atoms with E-state index in [1.165, 1.54) is 0 Å². The van der Waals surface area contributed by atoms with Crippen molar-refractivity contribution < 1.29 is 18.9 Å². The van der Waals surface area contributed by atoms with E-state index in [2.05, 4.69) is 28.7 Å². The first kappa shape index (κ1) is 22.6. The Hall–Kier alpha value is -2.60. The maximum atomic E-state index is 9.73. The molecule has 0 aliphatic carbocycles. The fourth-order valence-corrected chi connectivity index (χ4v) is 4.41. The number of nitriles is 1. The second kappa shape index (κ2) is 9.90. The Kier molecular flexibility index (Phi) is 6.99. The van der Waals surface area contributed by atoms with Gasteiger partial charge in [-0.15, -0.1) is 0 Å². The van der Waals surface area contributed by atoms with Crippen molar-refractivity contribution in [2.45, 2.75) is 6.61 Å². The van der Waals surface area contributed by atoms with Crippen molar-refractivity contribution in [2.75, 3.05) is 13.9 Å². The molecule has 0 bridgehead atoms. The van der Waals surface area contributed by atoms with Gasteiger partial charge in [-0.1, -0.05) is 29.3 Å². The van der Waals surface area contributed by atoms with Crippen LogP contribution in [0.1, 0.15) is 16.7 Å². The number of allylic oxidation sites excluding steroid dienone is 1. The Morgan fingerprint density at radius 3 is 2.69 bits per heavy atom. The number of rotatable bonds is 6. The highest BCUT2D eigenvalue weighted by Gasteiger charge is 2.16. The summed E-state index contributed by atoms with van der Waals surface area (Å²) in [4.78, 5) is 0. The van der Waals surface area contributed by atoms with Gasteiger partial charge in [0.15, 0.2) is 23.0 Å². The van der Waals surface area contributed by atoms with E-state index in [4.69, 9.17) is 42.1 Å². The molecule has 0 saturated heterocycles. The molecule has 1 aliphatic rings. The van der Waals surface area contributed by atoms with Crippen molar-refractivity contribution >= 4 is 57.4 Å². The van der Waals surface area contributed by atoms with E-state index in [9.17, 15) is 5.26 Å². The summed E-state index contributed by atoms with van der Waals surface area (Å²) in [5.41, 5.74) is 2.84. The molecular formula is C24H16Cl2INO4. The fourth-order valence-electron chi connectivity index (χ4n) is 3.16. The maximum absolute atomic E-state index is 9.73. The number of halogens is 3. The van der Waals surface area contributed by atoms with Gasteiger partial charge in [0.2, 0.25) is 6.79 Å². The Bertz CT molecular complexity index is 1250. The lowest BCUT2D eigenvalue weighted by atomic mass is 10.0. The van der Waals surface area contributed by atoms with Gasteiger partial charge in [-0.3, -0.25) is 0 Å². The zero-order chi connectivity index (χ0) is 22.7. The van der Waals surface area contributed by atoms with Crippen molar-refractivity contribution in [1.82, 2.24) is 0 Å². The van der Waals surface area contributed by atoms with Crippen LogP contribution in [0.3, 0.4) is 0 Å². The fraction of sp³-hybridized carbons (Fsp3) is 0.125. The molecule has 3 aromatic rings. The molecule has 0 saturated carbocycles. The first-order valence-electron chi connectivity index (χ1n) is 9.44. The number of benzene rings is 3. The Morgan fingerprint density at radius 2 is 1.94 bits per heavy atom. The van der Waals surface area contributed by atoms with E-state index in [1.54, 1.807) is 37.5 Å². The summed E-state index contributed by atoms with van der Waals surface area (Å²) < 4.78 is 23.2. The molecule has 0 fully saturated rings. The number of hydrogen-bond donors (Lipinski definition) is 0. The molecule has 5 nitrogen and oxygen atoms in total. The standard InChI is InChI=1S/C24H16Cl2INO4/c1-29-23-8-14(6-17(11-28)15-3-5-21-22(9-15)32-13-31-21)7-20(27)24(23)30-12-16-2-4-18(25)10-19(16)26/h2-10H,12-13H2,1H3/b17-6-. The Morgan fingerprint density at radius 1 is 1.12 bits per heavy atom. The van der Waals surface area contributed by atoms with Crippen LogP contribution in [0.5, 0.6) is 23.0 Å². The number of hydrogen-bond acceptors (Lipinski definition) is 5. The summed E-state index contributed by atoms with van der Waals surface area (Å²) in [6, 6.07) is 16.7. The molecule has 0 N–H and O–H groups in total. The predicted octanol–water partition coefficient (Wildman–Crippen LogP) is 6.98. The second-order valence-electron chi connectivity index (χ2n) is 6.80. The summed E-state index contributed by atoms with van der Waals surface area (Å²) in [7, 11) is 1.57. The highest BCUT2D eigenvalue weighted by atomic mass is 127. The first-order valence-corrected chi connectivity index (χ1v) is 11.3. The topological polar surface area (TPSA) is 60.7 Å². The lowest BCUT2D eigenvalue weighted by molar-refractivity contribution is 0.174. The van der Waals surface area contributed by atoms with Crippen LogP contribution in [-0.2, 0) is 6.61 Å². The van der Waals surface area contributed by atoms with Crippen molar-refractivity contribution in [3.05, 3.63) is 78.8 Å². The van der Waals surface area contributed by atoms with E-state index >= 15 is 0 Å². The number of nitrogens with zero attached hydrogens (tertiary/aromatic N) is 1. The lowest BCUT2D eigenvalue weighted by Gasteiger charge is -2.14. The predicted molar refractivity (Wildman–Crippen MR) is 133 cm³/mol. The number of fused-ring (bicyclic) bond motifs is 1. The third-order valence-corrected chi connectivity index (χ3v) is 6.14. The quantitative estimate of drug-likeness (QED) is 0.179. The molecule has 0 radical (unpaired) electrons. The van der Waals surface area contributed by atoms with Crippen LogP contribution < -0.4 is 18.9 Å². The molecule has 0 unspecified atom stereocenters. The zero-order valence-corrected chi connectivity index (χ0v) is 20.5. The first-order chi connectivity index (χ1) is 15.5. The zero-order valence-electron chi connectivity index (χ0n) is 16.8. The van der Waals surface area contributed by atoms with Gasteiger partial charge in [0.1, 0.15) is 6.61 Å². The normalized spacial score (nSPS) is 12.4. The Labute approximate surface area is 209 Å². The molecule has 1 heterocycles. The van der Waals surface area contributed by atoms with Gasteiger partial charge in [0.25, 0.3) is 0 Å². The minimum absolute atomic E-state index is 0.183.